The standard InChI is InChI=1S/C19H19N5O3S/c1-12-3-6-14(7-4-12)18-22-23-19(28)24(18)21-10-13-5-8-15(16(9-13)26-2)27-11-17(20)25/h3-10H,11H2,1-2H3,(H2,20,25)(H,23,28)/b21-10-. The van der Waals surface area contributed by atoms with Crippen molar-refractivity contribution in [2.45, 2.75) is 6.92 Å². The van der Waals surface area contributed by atoms with Crippen LogP contribution in [0.1, 0.15) is 11.1 Å². The van der Waals surface area contributed by atoms with Gasteiger partial charge in [0.25, 0.3) is 5.91 Å². The van der Waals surface area contributed by atoms with E-state index >= 15 is 0 Å². The van der Waals surface area contributed by atoms with Crippen molar-refractivity contribution in [1.29, 1.82) is 0 Å². The summed E-state index contributed by atoms with van der Waals surface area (Å²) in [7, 11) is 1.51. The summed E-state index contributed by atoms with van der Waals surface area (Å²) in [6.45, 7) is 1.79. The van der Waals surface area contributed by atoms with E-state index < -0.39 is 5.91 Å². The van der Waals surface area contributed by atoms with Crippen LogP contribution in [0.25, 0.3) is 11.4 Å². The van der Waals surface area contributed by atoms with E-state index in [1.54, 1.807) is 29.1 Å². The molecule has 0 aliphatic heterocycles. The second kappa shape index (κ2) is 8.49. The molecule has 8 nitrogen and oxygen atoms in total. The molecule has 0 unspecified atom stereocenters. The van der Waals surface area contributed by atoms with Gasteiger partial charge in [-0.2, -0.15) is 14.9 Å². The number of benzene rings is 2. The van der Waals surface area contributed by atoms with Gasteiger partial charge in [-0.05, 0) is 42.9 Å². The van der Waals surface area contributed by atoms with E-state index in [9.17, 15) is 4.79 Å². The van der Waals surface area contributed by atoms with Crippen LogP contribution < -0.4 is 15.2 Å². The van der Waals surface area contributed by atoms with Crippen molar-refractivity contribution >= 4 is 24.3 Å². The minimum Gasteiger partial charge on any atom is -0.493 e. The molecule has 0 bridgehead atoms. The minimum atomic E-state index is -0.564. The van der Waals surface area contributed by atoms with Crippen LogP contribution in [0.4, 0.5) is 0 Å². The highest BCUT2D eigenvalue weighted by molar-refractivity contribution is 7.71. The summed E-state index contributed by atoms with van der Waals surface area (Å²) in [5.41, 5.74) is 7.89. The first-order valence-electron chi connectivity index (χ1n) is 8.36. The molecule has 0 saturated heterocycles. The van der Waals surface area contributed by atoms with Gasteiger partial charge in [-0.1, -0.05) is 29.8 Å². The van der Waals surface area contributed by atoms with Gasteiger partial charge in [-0.15, -0.1) is 0 Å². The zero-order valence-electron chi connectivity index (χ0n) is 15.4. The Bertz CT molecular complexity index is 1070. The summed E-state index contributed by atoms with van der Waals surface area (Å²) in [6.07, 6.45) is 1.63. The number of H-pyrrole nitrogens is 1. The topological polar surface area (TPSA) is 108 Å². The maximum Gasteiger partial charge on any atom is 0.255 e. The highest BCUT2D eigenvalue weighted by Gasteiger charge is 2.09. The molecule has 0 radical (unpaired) electrons. The van der Waals surface area contributed by atoms with Gasteiger partial charge >= 0.3 is 0 Å². The molecule has 9 heteroatoms. The van der Waals surface area contributed by atoms with E-state index in [0.717, 1.165) is 16.7 Å². The summed E-state index contributed by atoms with van der Waals surface area (Å²) in [5, 5.41) is 11.5. The number of rotatable bonds is 7. The fraction of sp³-hybridized carbons (Fsp3) is 0.158. The zero-order valence-corrected chi connectivity index (χ0v) is 16.2. The third-order valence-electron chi connectivity index (χ3n) is 3.84. The molecule has 28 heavy (non-hydrogen) atoms. The van der Waals surface area contributed by atoms with E-state index in [1.807, 2.05) is 31.2 Å². The molecular weight excluding hydrogens is 378 g/mol. The number of aromatic nitrogens is 3. The Kier molecular flexibility index (Phi) is 5.85. The molecule has 3 aromatic rings. The van der Waals surface area contributed by atoms with Gasteiger partial charge in [-0.3, -0.25) is 4.79 Å². The van der Waals surface area contributed by atoms with E-state index in [1.165, 1.54) is 7.11 Å². The number of carbonyl (C=O) groups excluding carboxylic acids is 1. The number of primary amides is 1. The molecule has 1 heterocycles. The number of aromatic amines is 1. The summed E-state index contributed by atoms with van der Waals surface area (Å²) >= 11 is 5.28. The lowest BCUT2D eigenvalue weighted by Crippen LogP contribution is -2.20. The summed E-state index contributed by atoms with van der Waals surface area (Å²) in [6, 6.07) is 13.1. The Labute approximate surface area is 166 Å². The number of nitrogens with one attached hydrogen (secondary N) is 1. The fourth-order valence-electron chi connectivity index (χ4n) is 2.45. The van der Waals surface area contributed by atoms with Crippen molar-refractivity contribution in [2.75, 3.05) is 13.7 Å². The number of hydrogen-bond donors (Lipinski definition) is 2. The Balaban J connectivity index is 1.88. The lowest BCUT2D eigenvalue weighted by molar-refractivity contribution is -0.119. The predicted molar refractivity (Wildman–Crippen MR) is 108 cm³/mol. The van der Waals surface area contributed by atoms with Gasteiger partial charge in [0.2, 0.25) is 4.77 Å². The molecule has 2 aromatic carbocycles. The lowest BCUT2D eigenvalue weighted by Gasteiger charge is -2.09. The van der Waals surface area contributed by atoms with Crippen LogP contribution in [0, 0.1) is 11.7 Å². The fourth-order valence-corrected chi connectivity index (χ4v) is 2.62. The van der Waals surface area contributed by atoms with Crippen LogP contribution in [0.5, 0.6) is 11.5 Å². The number of nitrogens with two attached hydrogens (primary N) is 1. The average Bonchev–Trinajstić information content (AvgIpc) is 3.06. The Morgan fingerprint density at radius 1 is 1.29 bits per heavy atom. The summed E-state index contributed by atoms with van der Waals surface area (Å²) < 4.78 is 12.5. The van der Waals surface area contributed by atoms with Crippen molar-refractivity contribution in [2.24, 2.45) is 10.8 Å². The zero-order chi connectivity index (χ0) is 20.1. The summed E-state index contributed by atoms with van der Waals surface area (Å²) in [4.78, 5) is 10.9. The Morgan fingerprint density at radius 3 is 2.71 bits per heavy atom. The molecule has 1 amide bonds. The Morgan fingerprint density at radius 2 is 2.04 bits per heavy atom. The van der Waals surface area contributed by atoms with Gasteiger partial charge in [0.05, 0.1) is 13.3 Å². The van der Waals surface area contributed by atoms with E-state index in [-0.39, 0.29) is 6.61 Å². The van der Waals surface area contributed by atoms with Crippen molar-refractivity contribution < 1.29 is 14.3 Å². The van der Waals surface area contributed by atoms with Crippen molar-refractivity contribution in [3.8, 4) is 22.9 Å². The predicted octanol–water partition coefficient (Wildman–Crippen LogP) is 2.67. The van der Waals surface area contributed by atoms with Gasteiger partial charge < -0.3 is 15.2 Å². The third kappa shape index (κ3) is 4.44. The first kappa shape index (κ1) is 19.3. The van der Waals surface area contributed by atoms with Gasteiger partial charge in [0, 0.05) is 5.56 Å². The van der Waals surface area contributed by atoms with Crippen LogP contribution in [0.15, 0.2) is 47.6 Å². The monoisotopic (exact) mass is 397 g/mol. The van der Waals surface area contributed by atoms with Crippen molar-refractivity contribution in [3.05, 3.63) is 58.4 Å². The number of ether oxygens (including phenoxy) is 2. The van der Waals surface area contributed by atoms with Crippen LogP contribution in [0.3, 0.4) is 0 Å². The molecular formula is C19H19N5O3S. The molecule has 1 aromatic heterocycles. The summed E-state index contributed by atoms with van der Waals surface area (Å²) in [5.74, 6) is 0.916. The first-order chi connectivity index (χ1) is 13.5. The molecule has 144 valence electrons. The highest BCUT2D eigenvalue weighted by atomic mass is 32.1. The smallest absolute Gasteiger partial charge is 0.255 e. The molecule has 0 fully saturated rings. The molecule has 0 aliphatic carbocycles. The maximum absolute atomic E-state index is 10.9. The van der Waals surface area contributed by atoms with Crippen LogP contribution in [0.2, 0.25) is 0 Å². The number of nitrogens with zero attached hydrogens (tertiary/aromatic N) is 3. The number of amides is 1. The molecule has 0 aliphatic rings. The van der Waals surface area contributed by atoms with E-state index in [0.29, 0.717) is 22.1 Å². The number of hydrogen-bond acceptors (Lipinski definition) is 6. The lowest BCUT2D eigenvalue weighted by atomic mass is 10.1. The Hall–Kier alpha value is -3.46. The maximum atomic E-state index is 10.9. The molecule has 0 spiro atoms. The van der Waals surface area contributed by atoms with Crippen LogP contribution in [-0.4, -0.2) is 40.7 Å². The van der Waals surface area contributed by atoms with E-state index in [2.05, 4.69) is 15.3 Å². The SMILES string of the molecule is COc1cc(/C=N\n2c(-c3ccc(C)cc3)n[nH]c2=S)ccc1OCC(N)=O. The minimum absolute atomic E-state index is 0.228. The normalized spacial score (nSPS) is 10.9. The largest absolute Gasteiger partial charge is 0.493 e. The number of aryl methyl sites for hydroxylation is 1. The second-order valence-electron chi connectivity index (χ2n) is 5.94. The second-order valence-corrected chi connectivity index (χ2v) is 6.33. The van der Waals surface area contributed by atoms with Crippen molar-refractivity contribution in [1.82, 2.24) is 14.9 Å². The van der Waals surface area contributed by atoms with Crippen LogP contribution >= 0.6 is 12.2 Å². The molecule has 3 rings (SSSR count). The first-order valence-corrected chi connectivity index (χ1v) is 8.76. The third-order valence-corrected chi connectivity index (χ3v) is 4.10. The number of methoxy groups -OCH3 is 1. The van der Waals surface area contributed by atoms with Gasteiger partial charge in [0.15, 0.2) is 23.9 Å². The average molecular weight is 397 g/mol. The quantitative estimate of drug-likeness (QED) is 0.471. The molecule has 0 atom stereocenters. The van der Waals surface area contributed by atoms with Gasteiger partial charge in [0.1, 0.15) is 0 Å². The van der Waals surface area contributed by atoms with Gasteiger partial charge in [-0.25, -0.2) is 5.10 Å². The molecule has 0 saturated carbocycles. The number of carbonyl (C=O) groups is 1. The van der Waals surface area contributed by atoms with Crippen LogP contribution in [-0.2, 0) is 4.79 Å². The van der Waals surface area contributed by atoms with Crippen molar-refractivity contribution in [3.63, 3.8) is 0 Å². The molecule has 3 N–H and O–H groups in total. The highest BCUT2D eigenvalue weighted by Crippen LogP contribution is 2.27. The van der Waals surface area contributed by atoms with E-state index in [4.69, 9.17) is 27.4 Å².